The van der Waals surface area contributed by atoms with Gasteiger partial charge in [0.05, 0.1) is 6.61 Å². The first-order valence-corrected chi connectivity index (χ1v) is 4.66. The molecule has 1 unspecified atom stereocenters. The van der Waals surface area contributed by atoms with Gasteiger partial charge in [-0.3, -0.25) is 4.18 Å². The Kier molecular flexibility index (Phi) is 6.56. The fourth-order valence-electron chi connectivity index (χ4n) is 0.505. The van der Waals surface area contributed by atoms with E-state index in [9.17, 15) is 4.21 Å². The minimum absolute atomic E-state index is 0.546. The van der Waals surface area contributed by atoms with Crippen molar-refractivity contribution in [3.05, 3.63) is 0 Å². The van der Waals surface area contributed by atoms with E-state index >= 15 is 0 Å². The summed E-state index contributed by atoms with van der Waals surface area (Å²) in [5.41, 5.74) is 0. The highest BCUT2D eigenvalue weighted by Crippen LogP contribution is 1.94. The third-order valence-corrected chi connectivity index (χ3v) is 1.46. The van der Waals surface area contributed by atoms with Gasteiger partial charge in [0.15, 0.2) is 11.1 Å². The molecule has 0 N–H and O–H groups in total. The lowest BCUT2D eigenvalue weighted by Gasteiger charge is -1.96. The smallest absolute Gasteiger partial charge is 0.152 e. The van der Waals surface area contributed by atoms with E-state index in [0.717, 1.165) is 19.3 Å². The predicted molar refractivity (Wildman–Crippen MR) is 42.7 cm³/mol. The molecule has 0 saturated heterocycles. The van der Waals surface area contributed by atoms with E-state index in [1.807, 2.05) is 0 Å². The number of hydrogen-bond donors (Lipinski definition) is 0. The number of unbranched alkanes of at least 4 members (excludes halogenated alkanes) is 2. The molecule has 0 aromatic heterocycles. The topological polar surface area (TPSA) is 26.3 Å². The van der Waals surface area contributed by atoms with Gasteiger partial charge in [-0.2, -0.15) is 0 Å². The molecule has 0 fully saturated rings. The van der Waals surface area contributed by atoms with Crippen LogP contribution in [0.1, 0.15) is 19.3 Å². The van der Waals surface area contributed by atoms with Crippen molar-refractivity contribution in [1.29, 1.82) is 0 Å². The van der Waals surface area contributed by atoms with Crippen molar-refractivity contribution in [1.82, 2.24) is 0 Å². The van der Waals surface area contributed by atoms with Gasteiger partial charge in [0.2, 0.25) is 0 Å². The first kappa shape index (κ1) is 9.67. The number of rotatable bonds is 5. The normalized spacial score (nSPS) is 12.4. The van der Waals surface area contributed by atoms with E-state index in [2.05, 4.69) is 5.92 Å². The van der Waals surface area contributed by atoms with Crippen molar-refractivity contribution in [2.45, 2.75) is 19.3 Å². The average molecular weight is 160 g/mol. The van der Waals surface area contributed by atoms with Gasteiger partial charge in [0.1, 0.15) is 0 Å². The Bertz CT molecular complexity index is 137. The molecule has 2 nitrogen and oxygen atoms in total. The van der Waals surface area contributed by atoms with Crippen LogP contribution in [0.15, 0.2) is 0 Å². The van der Waals surface area contributed by atoms with Crippen LogP contribution in [0.25, 0.3) is 0 Å². The largest absolute Gasteiger partial charge is 0.291 e. The molecule has 0 bridgehead atoms. The maximum atomic E-state index is 10.3. The lowest BCUT2D eigenvalue weighted by atomic mass is 10.2. The van der Waals surface area contributed by atoms with Crippen LogP contribution in [0.2, 0.25) is 0 Å². The summed E-state index contributed by atoms with van der Waals surface area (Å²) in [4.78, 5) is 0. The standard InChI is InChI=1S/C7H12O2S/c1-3-4-5-6-7-9-10(2)8/h1H,4-7H2,2H3. The van der Waals surface area contributed by atoms with Gasteiger partial charge in [-0.15, -0.1) is 12.3 Å². The zero-order valence-electron chi connectivity index (χ0n) is 6.13. The second kappa shape index (κ2) is 6.79. The fourth-order valence-corrected chi connectivity index (χ4v) is 0.858. The maximum absolute atomic E-state index is 10.3. The Balaban J connectivity index is 2.92. The molecule has 0 amide bonds. The van der Waals surface area contributed by atoms with Crippen molar-refractivity contribution in [3.63, 3.8) is 0 Å². The zero-order valence-corrected chi connectivity index (χ0v) is 6.95. The third-order valence-electron chi connectivity index (χ3n) is 0.965. The molecule has 3 heteroatoms. The first-order chi connectivity index (χ1) is 4.77. The summed E-state index contributed by atoms with van der Waals surface area (Å²) in [6.45, 7) is 0.546. The van der Waals surface area contributed by atoms with Crippen LogP contribution < -0.4 is 0 Å². The van der Waals surface area contributed by atoms with E-state index in [4.69, 9.17) is 10.6 Å². The summed E-state index contributed by atoms with van der Waals surface area (Å²) in [7, 11) is 0. The molecule has 0 aliphatic carbocycles. The molecule has 0 spiro atoms. The van der Waals surface area contributed by atoms with Crippen molar-refractivity contribution < 1.29 is 8.39 Å². The molecule has 0 aliphatic rings. The molecular formula is C7H12O2S. The van der Waals surface area contributed by atoms with Crippen molar-refractivity contribution in [3.8, 4) is 12.3 Å². The third kappa shape index (κ3) is 7.67. The summed E-state index contributed by atoms with van der Waals surface area (Å²) in [6.07, 6.45) is 9.16. The van der Waals surface area contributed by atoms with E-state index in [1.54, 1.807) is 0 Å². The summed E-state index contributed by atoms with van der Waals surface area (Å²) >= 11 is -1.12. The van der Waals surface area contributed by atoms with Crippen LogP contribution in [0.4, 0.5) is 0 Å². The van der Waals surface area contributed by atoms with Crippen molar-refractivity contribution in [2.75, 3.05) is 12.9 Å². The number of hydrogen-bond acceptors (Lipinski definition) is 2. The second-order valence-electron chi connectivity index (χ2n) is 1.88. The molecular weight excluding hydrogens is 148 g/mol. The Morgan fingerprint density at radius 1 is 1.60 bits per heavy atom. The zero-order chi connectivity index (χ0) is 7.82. The lowest BCUT2D eigenvalue weighted by molar-refractivity contribution is 0.339. The van der Waals surface area contributed by atoms with Gasteiger partial charge in [-0.1, -0.05) is 0 Å². The molecule has 0 rings (SSSR count). The van der Waals surface area contributed by atoms with Crippen LogP contribution in [0.3, 0.4) is 0 Å². The monoisotopic (exact) mass is 160 g/mol. The molecule has 0 aromatic carbocycles. The minimum Gasteiger partial charge on any atom is -0.291 e. The van der Waals surface area contributed by atoms with Crippen LogP contribution in [0.5, 0.6) is 0 Å². The average Bonchev–Trinajstić information content (AvgIpc) is 1.87. The summed E-state index contributed by atoms with van der Waals surface area (Å²) in [5.74, 6) is 2.52. The molecule has 1 atom stereocenters. The van der Waals surface area contributed by atoms with E-state index < -0.39 is 11.1 Å². The molecule has 0 radical (unpaired) electrons. The van der Waals surface area contributed by atoms with Crippen LogP contribution in [0, 0.1) is 12.3 Å². The quantitative estimate of drug-likeness (QED) is 0.444. The van der Waals surface area contributed by atoms with E-state index in [0.29, 0.717) is 6.61 Å². The van der Waals surface area contributed by atoms with Gasteiger partial charge < -0.3 is 0 Å². The summed E-state index contributed by atoms with van der Waals surface area (Å²) in [5, 5.41) is 0. The molecule has 0 aromatic rings. The Hall–Kier alpha value is -0.330. The Labute approximate surface area is 64.6 Å². The van der Waals surface area contributed by atoms with E-state index in [-0.39, 0.29) is 0 Å². The maximum Gasteiger partial charge on any atom is 0.152 e. The first-order valence-electron chi connectivity index (χ1n) is 3.17. The molecule has 0 aliphatic heterocycles. The van der Waals surface area contributed by atoms with Gasteiger partial charge >= 0.3 is 0 Å². The lowest BCUT2D eigenvalue weighted by Crippen LogP contribution is -1.96. The molecule has 58 valence electrons. The van der Waals surface area contributed by atoms with Crippen molar-refractivity contribution in [2.24, 2.45) is 0 Å². The second-order valence-corrected chi connectivity index (χ2v) is 2.92. The van der Waals surface area contributed by atoms with Gasteiger partial charge in [-0.05, 0) is 12.8 Å². The Morgan fingerprint density at radius 3 is 2.80 bits per heavy atom. The fraction of sp³-hybridized carbons (Fsp3) is 0.714. The van der Waals surface area contributed by atoms with Gasteiger partial charge in [-0.25, -0.2) is 4.21 Å². The molecule has 0 heterocycles. The number of terminal acetylenes is 1. The molecule has 0 saturated carbocycles. The predicted octanol–water partition coefficient (Wildman–Crippen LogP) is 1.10. The molecule has 10 heavy (non-hydrogen) atoms. The Morgan fingerprint density at radius 2 is 2.30 bits per heavy atom. The van der Waals surface area contributed by atoms with Gasteiger partial charge in [0.25, 0.3) is 0 Å². The summed E-state index contributed by atoms with van der Waals surface area (Å²) < 4.78 is 15.1. The highest BCUT2D eigenvalue weighted by atomic mass is 32.2. The minimum atomic E-state index is -1.12. The van der Waals surface area contributed by atoms with Crippen LogP contribution >= 0.6 is 0 Å². The van der Waals surface area contributed by atoms with E-state index in [1.165, 1.54) is 6.26 Å². The van der Waals surface area contributed by atoms with Crippen molar-refractivity contribution >= 4 is 11.1 Å². The van der Waals surface area contributed by atoms with Gasteiger partial charge in [0, 0.05) is 12.7 Å². The van der Waals surface area contributed by atoms with Crippen LogP contribution in [-0.4, -0.2) is 17.1 Å². The highest BCUT2D eigenvalue weighted by Gasteiger charge is 1.89. The summed E-state index contributed by atoms with van der Waals surface area (Å²) in [6, 6.07) is 0. The SMILES string of the molecule is C#CCCCCOS(C)=O. The highest BCUT2D eigenvalue weighted by molar-refractivity contribution is 7.79. The van der Waals surface area contributed by atoms with Crippen LogP contribution in [-0.2, 0) is 15.3 Å².